The van der Waals surface area contributed by atoms with Crippen LogP contribution in [0.5, 0.6) is 0 Å². The van der Waals surface area contributed by atoms with Crippen molar-refractivity contribution >= 4 is 57.6 Å². The van der Waals surface area contributed by atoms with E-state index in [1.165, 1.54) is 16.3 Å². The minimum Gasteiger partial charge on any atom is -0.423 e. The summed E-state index contributed by atoms with van der Waals surface area (Å²) in [6.45, 7) is 7.61. The number of aryl methyl sites for hydroxylation is 2. The minimum atomic E-state index is -1.35. The lowest BCUT2D eigenvalue weighted by Crippen LogP contribution is -2.46. The van der Waals surface area contributed by atoms with E-state index in [2.05, 4.69) is 116 Å². The van der Waals surface area contributed by atoms with Gasteiger partial charge in [-0.15, -0.1) is 0 Å². The Morgan fingerprint density at radius 1 is 0.552 bits per heavy atom. The van der Waals surface area contributed by atoms with Crippen molar-refractivity contribution in [2.45, 2.75) is 25.7 Å². The minimum absolute atomic E-state index is 0.424. The summed E-state index contributed by atoms with van der Waals surface area (Å²) in [4.78, 5) is 31.6. The van der Waals surface area contributed by atoms with Gasteiger partial charge >= 0.3 is 7.12 Å². The zero-order valence-corrected chi connectivity index (χ0v) is 33.0. The molecule has 2 saturated heterocycles. The van der Waals surface area contributed by atoms with Gasteiger partial charge in [0, 0.05) is 90.5 Å². The van der Waals surface area contributed by atoms with Crippen LogP contribution in [0.15, 0.2) is 146 Å². The van der Waals surface area contributed by atoms with Crippen LogP contribution >= 0.6 is 11.6 Å². The maximum Gasteiger partial charge on any atom is 0.488 e. The van der Waals surface area contributed by atoms with Gasteiger partial charge in [0.2, 0.25) is 0 Å². The predicted octanol–water partition coefficient (Wildman–Crippen LogP) is 7.56. The van der Waals surface area contributed by atoms with Crippen molar-refractivity contribution in [3.05, 3.63) is 174 Å². The van der Waals surface area contributed by atoms with Gasteiger partial charge in [0.05, 0.1) is 11.0 Å². The number of benzene rings is 4. The zero-order chi connectivity index (χ0) is 40.0. The number of nitrogens with zero attached hydrogens (tertiary/aromatic N) is 8. The predicted molar refractivity (Wildman–Crippen MR) is 234 cm³/mol. The first kappa shape index (κ1) is 38.6. The van der Waals surface area contributed by atoms with E-state index in [0.717, 1.165) is 77.1 Å². The topological polar surface area (TPSA) is 124 Å². The van der Waals surface area contributed by atoms with E-state index in [1.54, 1.807) is 43.0 Å². The molecule has 2 aliphatic heterocycles. The summed E-state index contributed by atoms with van der Waals surface area (Å²) >= 11 is 6.07. The first-order valence-corrected chi connectivity index (χ1v) is 19.7. The van der Waals surface area contributed by atoms with Gasteiger partial charge in [0.15, 0.2) is 16.8 Å². The lowest BCUT2D eigenvalue weighted by molar-refractivity contribution is 0.425. The standard InChI is InChI=1S/C23H20N4.C16H13ClN4.C7H9BO2/c1-16-5-4-7-18(13-16)22-23(25-12-11-24-22)27-14-19(15-27)21-10-9-17-6-2-3-8-20(17)26-21;17-15-16(19-8-7-18-15)21-9-12(10-21)14-6-5-11-3-1-2-4-13(11)20-14;1-6-3-2-4-7(5-6)8(9)10/h2-13,19H,14-15H2,1H3;1-8,12H,9-10H2;2-5,9-10H,1H3. The first-order chi connectivity index (χ1) is 28.3. The molecular formula is C46H42BClN8O2. The average molecular weight is 785 g/mol. The van der Waals surface area contributed by atoms with Crippen LogP contribution in [0.4, 0.5) is 11.6 Å². The fourth-order valence-corrected chi connectivity index (χ4v) is 7.43. The van der Waals surface area contributed by atoms with Crippen molar-refractivity contribution in [3.8, 4) is 11.3 Å². The van der Waals surface area contributed by atoms with Crippen LogP contribution in [-0.4, -0.2) is 73.2 Å². The Morgan fingerprint density at radius 2 is 1.07 bits per heavy atom. The van der Waals surface area contributed by atoms with Crippen molar-refractivity contribution in [1.82, 2.24) is 29.9 Å². The monoisotopic (exact) mass is 784 g/mol. The molecule has 4 aromatic carbocycles. The van der Waals surface area contributed by atoms with E-state index in [0.29, 0.717) is 22.5 Å². The number of hydrogen-bond acceptors (Lipinski definition) is 10. The van der Waals surface area contributed by atoms with Gasteiger partial charge in [-0.1, -0.05) is 114 Å². The van der Waals surface area contributed by atoms with Crippen LogP contribution in [-0.2, 0) is 0 Å². The summed E-state index contributed by atoms with van der Waals surface area (Å²) < 4.78 is 0. The Labute approximate surface area is 343 Å². The number of anilines is 2. The Kier molecular flexibility index (Phi) is 11.6. The van der Waals surface area contributed by atoms with Gasteiger partial charge < -0.3 is 19.8 Å². The Bertz CT molecular complexity index is 2670. The molecule has 0 atom stereocenters. The molecule has 58 heavy (non-hydrogen) atoms. The van der Waals surface area contributed by atoms with Crippen molar-refractivity contribution < 1.29 is 10.0 Å². The van der Waals surface area contributed by atoms with E-state index < -0.39 is 7.12 Å². The van der Waals surface area contributed by atoms with Gasteiger partial charge in [0.25, 0.3) is 0 Å². The van der Waals surface area contributed by atoms with Crippen LogP contribution in [0.25, 0.3) is 33.1 Å². The molecule has 12 heteroatoms. The molecule has 2 fully saturated rings. The second-order valence-electron chi connectivity index (χ2n) is 14.6. The first-order valence-electron chi connectivity index (χ1n) is 19.3. The van der Waals surface area contributed by atoms with Gasteiger partial charge in [0.1, 0.15) is 5.69 Å². The molecule has 0 saturated carbocycles. The highest BCUT2D eigenvalue weighted by atomic mass is 35.5. The number of rotatable bonds is 6. The van der Waals surface area contributed by atoms with Crippen LogP contribution < -0.4 is 15.3 Å². The molecule has 4 aromatic heterocycles. The molecule has 288 valence electrons. The molecule has 0 aliphatic carbocycles. The number of aromatic nitrogens is 6. The highest BCUT2D eigenvalue weighted by Crippen LogP contribution is 2.36. The van der Waals surface area contributed by atoms with Crippen molar-refractivity contribution in [3.63, 3.8) is 0 Å². The molecular weight excluding hydrogens is 743 g/mol. The number of halogens is 1. The van der Waals surface area contributed by atoms with Crippen LogP contribution in [0, 0.1) is 13.8 Å². The Morgan fingerprint density at radius 3 is 1.62 bits per heavy atom. The largest absolute Gasteiger partial charge is 0.488 e. The molecule has 0 amide bonds. The molecule has 10 rings (SSSR count). The summed E-state index contributed by atoms with van der Waals surface area (Å²) in [7, 11) is -1.35. The van der Waals surface area contributed by atoms with Gasteiger partial charge in [-0.05, 0) is 49.6 Å². The maximum absolute atomic E-state index is 8.70. The van der Waals surface area contributed by atoms with Crippen molar-refractivity contribution in [2.24, 2.45) is 0 Å². The summed E-state index contributed by atoms with van der Waals surface area (Å²) in [6, 6.07) is 40.6. The lowest BCUT2D eigenvalue weighted by Gasteiger charge is -2.40. The number of hydrogen-bond donors (Lipinski definition) is 2. The van der Waals surface area contributed by atoms with Crippen LogP contribution in [0.2, 0.25) is 5.15 Å². The summed E-state index contributed by atoms with van der Waals surface area (Å²) in [5, 5.41) is 20.2. The lowest BCUT2D eigenvalue weighted by atomic mass is 9.80. The smallest absolute Gasteiger partial charge is 0.423 e. The fraction of sp³-hybridized carbons (Fsp3) is 0.174. The van der Waals surface area contributed by atoms with E-state index in [-0.39, 0.29) is 0 Å². The Hall–Kier alpha value is -6.27. The normalized spacial score (nSPS) is 13.8. The maximum atomic E-state index is 8.70. The quantitative estimate of drug-likeness (QED) is 0.163. The summed E-state index contributed by atoms with van der Waals surface area (Å²) in [6.07, 6.45) is 6.82. The van der Waals surface area contributed by atoms with Crippen LogP contribution in [0.1, 0.15) is 34.4 Å². The van der Waals surface area contributed by atoms with E-state index in [4.69, 9.17) is 31.6 Å². The van der Waals surface area contributed by atoms with Gasteiger partial charge in [-0.3, -0.25) is 15.0 Å². The van der Waals surface area contributed by atoms with Gasteiger partial charge in [-0.2, -0.15) is 0 Å². The second kappa shape index (κ2) is 17.5. The third-order valence-corrected chi connectivity index (χ3v) is 10.7. The molecule has 8 aromatic rings. The number of para-hydroxylation sites is 2. The molecule has 0 unspecified atom stereocenters. The van der Waals surface area contributed by atoms with E-state index in [9.17, 15) is 0 Å². The molecule has 2 N–H and O–H groups in total. The zero-order valence-electron chi connectivity index (χ0n) is 32.3. The van der Waals surface area contributed by atoms with Crippen molar-refractivity contribution in [2.75, 3.05) is 36.0 Å². The molecule has 0 bridgehead atoms. The molecule has 6 heterocycles. The average Bonchev–Trinajstić information content (AvgIpc) is 3.21. The van der Waals surface area contributed by atoms with E-state index >= 15 is 0 Å². The van der Waals surface area contributed by atoms with Gasteiger partial charge in [-0.25, -0.2) is 15.0 Å². The second-order valence-corrected chi connectivity index (χ2v) is 15.0. The fourth-order valence-electron chi connectivity index (χ4n) is 7.21. The number of pyridine rings is 2. The molecule has 2 aliphatic rings. The molecule has 10 nitrogen and oxygen atoms in total. The highest BCUT2D eigenvalue weighted by Gasteiger charge is 2.33. The molecule has 0 radical (unpaired) electrons. The summed E-state index contributed by atoms with van der Waals surface area (Å²) in [5.74, 6) is 2.57. The highest BCUT2D eigenvalue weighted by molar-refractivity contribution is 6.58. The van der Waals surface area contributed by atoms with Crippen molar-refractivity contribution in [1.29, 1.82) is 0 Å². The third kappa shape index (κ3) is 8.82. The molecule has 0 spiro atoms. The van der Waals surface area contributed by atoms with E-state index in [1.807, 2.05) is 31.2 Å². The SMILES string of the molecule is Cc1cccc(-c2nccnc2N2CC(c3ccc4ccccc4n3)C2)c1.Cc1cccc(B(O)O)c1.Clc1nccnc1N1CC(c2ccc3ccccc3n2)C1. The Balaban J connectivity index is 0.000000134. The van der Waals surface area contributed by atoms with Crippen LogP contribution in [0.3, 0.4) is 0 Å². The third-order valence-electron chi connectivity index (χ3n) is 10.4. The summed E-state index contributed by atoms with van der Waals surface area (Å²) in [5.41, 5.74) is 9.27. The number of fused-ring (bicyclic) bond motifs is 2.